The van der Waals surface area contributed by atoms with E-state index < -0.39 is 0 Å². The van der Waals surface area contributed by atoms with E-state index in [-0.39, 0.29) is 0 Å². The Hall–Kier alpha value is -7.30. The highest BCUT2D eigenvalue weighted by atomic mass is 32.1. The van der Waals surface area contributed by atoms with Crippen LogP contribution in [0, 0.1) is 0 Å². The molecular weight excluding hydrogens is 775 g/mol. The lowest BCUT2D eigenvalue weighted by Crippen LogP contribution is -2.10. The van der Waals surface area contributed by atoms with Gasteiger partial charge in [0, 0.05) is 41.3 Å². The smallest absolute Gasteiger partial charge is 0.0640 e. The van der Waals surface area contributed by atoms with Gasteiger partial charge < -0.3 is 4.90 Å². The Kier molecular flexibility index (Phi) is 8.62. The lowest BCUT2D eigenvalue weighted by molar-refractivity contribution is 1.32. The molecule has 0 saturated carbocycles. The molecule has 0 amide bonds. The van der Waals surface area contributed by atoms with E-state index in [9.17, 15) is 0 Å². The van der Waals surface area contributed by atoms with Gasteiger partial charge in [0.15, 0.2) is 0 Å². The second kappa shape index (κ2) is 14.8. The fourth-order valence-corrected chi connectivity index (χ4v) is 11.6. The predicted octanol–water partition coefficient (Wildman–Crippen LogP) is 17.7. The van der Waals surface area contributed by atoms with Crippen LogP contribution in [0.15, 0.2) is 224 Å². The van der Waals surface area contributed by atoms with Crippen LogP contribution in [0.25, 0.3) is 95.6 Å². The highest BCUT2D eigenvalue weighted by Gasteiger charge is 2.24. The van der Waals surface area contributed by atoms with E-state index in [4.69, 9.17) is 0 Å². The zero-order valence-corrected chi connectivity index (χ0v) is 34.8. The van der Waals surface area contributed by atoms with Crippen LogP contribution in [0.2, 0.25) is 0 Å². The molecule has 0 radical (unpaired) electrons. The van der Waals surface area contributed by atoms with Gasteiger partial charge in [-0.1, -0.05) is 182 Å². The number of hydrogen-bond donors (Lipinski definition) is 0. The SMILES string of the molecule is c1ccc(-c2ccc3c(c2)sc2c(N(c4ccc(-c5ccc6ccccc6c5)cc4)c4ccc(-c5ccccc5)c5sc6cc(-c7ccccc7)ccc6c45)cccc23)cc1. The lowest BCUT2D eigenvalue weighted by Gasteiger charge is -2.28. The third-order valence-electron chi connectivity index (χ3n) is 12.1. The maximum atomic E-state index is 2.52. The first-order chi connectivity index (χ1) is 30.2. The summed E-state index contributed by atoms with van der Waals surface area (Å²) in [5.41, 5.74) is 13.3. The summed E-state index contributed by atoms with van der Waals surface area (Å²) in [7, 11) is 0. The van der Waals surface area contributed by atoms with Crippen LogP contribution in [0.5, 0.6) is 0 Å². The number of fused-ring (bicyclic) bond motifs is 7. The van der Waals surface area contributed by atoms with Crippen LogP contribution in [-0.4, -0.2) is 0 Å². The normalized spacial score (nSPS) is 11.6. The van der Waals surface area contributed by atoms with Gasteiger partial charge in [-0.3, -0.25) is 0 Å². The summed E-state index contributed by atoms with van der Waals surface area (Å²) < 4.78 is 5.13. The van der Waals surface area contributed by atoms with Crippen molar-refractivity contribution in [2.75, 3.05) is 4.90 Å². The standard InChI is InChI=1S/C58H37NS2/c1-4-13-38(14-5-1)45-27-31-49-50-21-12-22-53(57(50)60-54(49)36-45)59(47-29-25-41(26-30-47)44-24-23-40-17-10-11-20-43(40)35-44)52-34-33-48(42-18-8-3-9-19-42)58-56(52)51-32-28-46(37-55(51)61-58)39-15-6-2-7-16-39/h1-37H. The summed E-state index contributed by atoms with van der Waals surface area (Å²) in [4.78, 5) is 2.52. The molecule has 0 N–H and O–H groups in total. The highest BCUT2D eigenvalue weighted by molar-refractivity contribution is 7.27. The van der Waals surface area contributed by atoms with E-state index >= 15 is 0 Å². The van der Waals surface area contributed by atoms with Crippen molar-refractivity contribution < 1.29 is 0 Å². The minimum absolute atomic E-state index is 1.12. The Morgan fingerprint density at radius 2 is 0.836 bits per heavy atom. The van der Waals surface area contributed by atoms with Crippen LogP contribution in [0.3, 0.4) is 0 Å². The van der Waals surface area contributed by atoms with Crippen molar-refractivity contribution in [2.45, 2.75) is 0 Å². The molecule has 10 aromatic carbocycles. The van der Waals surface area contributed by atoms with E-state index in [1.165, 1.54) is 107 Å². The molecule has 12 rings (SSSR count). The summed E-state index contributed by atoms with van der Waals surface area (Å²) >= 11 is 3.78. The monoisotopic (exact) mass is 811 g/mol. The number of thiophene rings is 2. The van der Waals surface area contributed by atoms with Crippen LogP contribution >= 0.6 is 22.7 Å². The minimum atomic E-state index is 1.12. The highest BCUT2D eigenvalue weighted by Crippen LogP contribution is 2.51. The number of nitrogens with zero attached hydrogens (tertiary/aromatic N) is 1. The second-order valence-corrected chi connectivity index (χ2v) is 17.8. The van der Waals surface area contributed by atoms with Gasteiger partial charge in [0.25, 0.3) is 0 Å². The van der Waals surface area contributed by atoms with E-state index in [0.717, 1.165) is 5.69 Å². The van der Waals surface area contributed by atoms with Crippen molar-refractivity contribution in [3.8, 4) is 44.5 Å². The first-order valence-corrected chi connectivity index (χ1v) is 22.4. The molecule has 0 unspecified atom stereocenters. The summed E-state index contributed by atoms with van der Waals surface area (Å²) in [6, 6.07) is 82.4. The summed E-state index contributed by atoms with van der Waals surface area (Å²) in [6.07, 6.45) is 0. The van der Waals surface area contributed by atoms with Crippen molar-refractivity contribution in [1.29, 1.82) is 0 Å². The third kappa shape index (κ3) is 6.21. The molecule has 0 aliphatic carbocycles. The Balaban J connectivity index is 1.10. The fraction of sp³-hybridized carbons (Fsp3) is 0. The Morgan fingerprint density at radius 1 is 0.295 bits per heavy atom. The summed E-state index contributed by atoms with van der Waals surface area (Å²) in [5, 5.41) is 7.59. The van der Waals surface area contributed by atoms with Gasteiger partial charge in [0.05, 0.1) is 16.1 Å². The first-order valence-electron chi connectivity index (χ1n) is 20.7. The van der Waals surface area contributed by atoms with Crippen molar-refractivity contribution in [2.24, 2.45) is 0 Å². The quantitative estimate of drug-likeness (QED) is 0.155. The van der Waals surface area contributed by atoms with E-state index in [2.05, 4.69) is 229 Å². The average Bonchev–Trinajstić information content (AvgIpc) is 3.91. The molecule has 286 valence electrons. The van der Waals surface area contributed by atoms with Crippen molar-refractivity contribution >= 4 is 90.9 Å². The molecule has 1 nitrogen and oxygen atoms in total. The van der Waals surface area contributed by atoms with Crippen molar-refractivity contribution in [1.82, 2.24) is 0 Å². The van der Waals surface area contributed by atoms with Crippen LogP contribution in [-0.2, 0) is 0 Å². The largest absolute Gasteiger partial charge is 0.308 e. The topological polar surface area (TPSA) is 3.24 Å². The second-order valence-electron chi connectivity index (χ2n) is 15.7. The van der Waals surface area contributed by atoms with E-state index in [0.29, 0.717) is 0 Å². The number of rotatable bonds is 7. The molecule has 0 aliphatic heterocycles. The Labute approximate surface area is 362 Å². The zero-order valence-electron chi connectivity index (χ0n) is 33.1. The molecule has 12 aromatic rings. The number of benzene rings is 10. The Morgan fingerprint density at radius 3 is 1.54 bits per heavy atom. The van der Waals surface area contributed by atoms with Crippen molar-refractivity contribution in [3.63, 3.8) is 0 Å². The molecule has 0 spiro atoms. The van der Waals surface area contributed by atoms with Gasteiger partial charge in [-0.15, -0.1) is 22.7 Å². The molecule has 0 bridgehead atoms. The van der Waals surface area contributed by atoms with Gasteiger partial charge in [0.2, 0.25) is 0 Å². The molecule has 3 heteroatoms. The summed E-state index contributed by atoms with van der Waals surface area (Å²) in [5.74, 6) is 0. The predicted molar refractivity (Wildman–Crippen MR) is 266 cm³/mol. The fourth-order valence-electron chi connectivity index (χ4n) is 9.05. The third-order valence-corrected chi connectivity index (χ3v) is 14.4. The molecule has 2 aromatic heterocycles. The first kappa shape index (κ1) is 35.6. The Bertz CT molecular complexity index is 3570. The van der Waals surface area contributed by atoms with Crippen molar-refractivity contribution in [3.05, 3.63) is 224 Å². The zero-order chi connectivity index (χ0) is 40.3. The van der Waals surface area contributed by atoms with Crippen LogP contribution in [0.4, 0.5) is 17.1 Å². The van der Waals surface area contributed by atoms with Crippen LogP contribution < -0.4 is 4.90 Å². The molecule has 2 heterocycles. The minimum Gasteiger partial charge on any atom is -0.308 e. The van der Waals surface area contributed by atoms with Gasteiger partial charge in [0.1, 0.15) is 0 Å². The van der Waals surface area contributed by atoms with Gasteiger partial charge in [-0.2, -0.15) is 0 Å². The van der Waals surface area contributed by atoms with E-state index in [1.807, 2.05) is 22.7 Å². The molecule has 0 aliphatic rings. The summed E-state index contributed by atoms with van der Waals surface area (Å²) in [6.45, 7) is 0. The maximum Gasteiger partial charge on any atom is 0.0640 e. The number of hydrogen-bond acceptors (Lipinski definition) is 3. The van der Waals surface area contributed by atoms with E-state index in [1.54, 1.807) is 0 Å². The maximum absolute atomic E-state index is 2.52. The van der Waals surface area contributed by atoms with Gasteiger partial charge in [-0.25, -0.2) is 0 Å². The molecule has 0 atom stereocenters. The number of anilines is 3. The molecular formula is C58H37NS2. The molecule has 0 saturated heterocycles. The van der Waals surface area contributed by atoms with Gasteiger partial charge in [-0.05, 0) is 97.7 Å². The molecule has 61 heavy (non-hydrogen) atoms. The average molecular weight is 812 g/mol. The van der Waals surface area contributed by atoms with Gasteiger partial charge >= 0.3 is 0 Å². The lowest BCUT2D eigenvalue weighted by atomic mass is 9.98. The van der Waals surface area contributed by atoms with Crippen LogP contribution in [0.1, 0.15) is 0 Å². The molecule has 0 fully saturated rings.